The van der Waals surface area contributed by atoms with Crippen LogP contribution in [0.1, 0.15) is 40.5 Å². The first-order valence-corrected chi connectivity index (χ1v) is 11.0. The summed E-state index contributed by atoms with van der Waals surface area (Å²) < 4.78 is 19.7. The summed E-state index contributed by atoms with van der Waals surface area (Å²) in [6.07, 6.45) is 1.52. The molecule has 0 unspecified atom stereocenters. The summed E-state index contributed by atoms with van der Waals surface area (Å²) in [7, 11) is 0. The molecule has 1 saturated heterocycles. The summed E-state index contributed by atoms with van der Waals surface area (Å²) in [4.78, 5) is 27.4. The minimum atomic E-state index is -0.493. The standard InChI is InChI=1S/C26H27FN2O3/c1-2-32-23-12-11-19-7-3-4-8-20(19)24(23)25(30)28-17-18-13-15-29(16-14-18)26(31)21-9-5-6-10-22(21)27/h3-12,18H,2,13-17H2,1H3,(H,28,30). The molecule has 0 aromatic heterocycles. The molecular formula is C26H27FN2O3. The Labute approximate surface area is 187 Å². The second kappa shape index (κ2) is 9.81. The molecule has 0 saturated carbocycles. The molecule has 3 aromatic carbocycles. The average Bonchev–Trinajstić information content (AvgIpc) is 2.83. The van der Waals surface area contributed by atoms with E-state index in [0.29, 0.717) is 37.6 Å². The molecule has 6 heteroatoms. The highest BCUT2D eigenvalue weighted by molar-refractivity contribution is 6.09. The van der Waals surface area contributed by atoms with Gasteiger partial charge in [0.2, 0.25) is 0 Å². The smallest absolute Gasteiger partial charge is 0.256 e. The zero-order chi connectivity index (χ0) is 22.5. The van der Waals surface area contributed by atoms with Gasteiger partial charge in [0.1, 0.15) is 11.6 Å². The Bertz CT molecular complexity index is 1120. The molecule has 3 aromatic rings. The van der Waals surface area contributed by atoms with E-state index >= 15 is 0 Å². The van der Waals surface area contributed by atoms with Crippen molar-refractivity contribution in [2.75, 3.05) is 26.2 Å². The summed E-state index contributed by atoms with van der Waals surface area (Å²) in [5, 5.41) is 4.91. The Morgan fingerprint density at radius 3 is 2.50 bits per heavy atom. The lowest BCUT2D eigenvalue weighted by Crippen LogP contribution is -2.41. The zero-order valence-electron chi connectivity index (χ0n) is 18.1. The van der Waals surface area contributed by atoms with Gasteiger partial charge >= 0.3 is 0 Å². The summed E-state index contributed by atoms with van der Waals surface area (Å²) >= 11 is 0. The van der Waals surface area contributed by atoms with Gasteiger partial charge in [-0.25, -0.2) is 4.39 Å². The van der Waals surface area contributed by atoms with Gasteiger partial charge in [0, 0.05) is 19.6 Å². The van der Waals surface area contributed by atoms with Crippen LogP contribution in [-0.2, 0) is 0 Å². The largest absolute Gasteiger partial charge is 0.493 e. The molecular weight excluding hydrogens is 407 g/mol. The quantitative estimate of drug-likeness (QED) is 0.614. The number of piperidine rings is 1. The number of rotatable bonds is 6. The summed E-state index contributed by atoms with van der Waals surface area (Å²) in [6, 6.07) is 17.6. The number of carbonyl (C=O) groups excluding carboxylic acids is 2. The number of fused-ring (bicyclic) bond motifs is 1. The van der Waals surface area contributed by atoms with E-state index < -0.39 is 5.82 Å². The lowest BCUT2D eigenvalue weighted by molar-refractivity contribution is 0.0679. The van der Waals surface area contributed by atoms with E-state index in [9.17, 15) is 14.0 Å². The van der Waals surface area contributed by atoms with E-state index in [4.69, 9.17) is 4.74 Å². The fourth-order valence-electron chi connectivity index (χ4n) is 4.23. The molecule has 1 heterocycles. The summed E-state index contributed by atoms with van der Waals surface area (Å²) in [5.41, 5.74) is 0.663. The van der Waals surface area contributed by atoms with Crippen LogP contribution in [-0.4, -0.2) is 43.0 Å². The first-order valence-electron chi connectivity index (χ1n) is 11.0. The van der Waals surface area contributed by atoms with Gasteiger partial charge in [-0.05, 0) is 54.7 Å². The zero-order valence-corrected chi connectivity index (χ0v) is 18.1. The number of hydrogen-bond donors (Lipinski definition) is 1. The van der Waals surface area contributed by atoms with Gasteiger partial charge in [-0.15, -0.1) is 0 Å². The van der Waals surface area contributed by atoms with Crippen molar-refractivity contribution >= 4 is 22.6 Å². The predicted octanol–water partition coefficient (Wildman–Crippen LogP) is 4.66. The number of halogens is 1. The van der Waals surface area contributed by atoms with Crippen molar-refractivity contribution < 1.29 is 18.7 Å². The van der Waals surface area contributed by atoms with Gasteiger partial charge in [-0.3, -0.25) is 9.59 Å². The Balaban J connectivity index is 1.38. The van der Waals surface area contributed by atoms with Crippen LogP contribution in [0.3, 0.4) is 0 Å². The van der Waals surface area contributed by atoms with E-state index in [0.717, 1.165) is 23.6 Å². The molecule has 1 aliphatic rings. The van der Waals surface area contributed by atoms with Crippen molar-refractivity contribution in [3.8, 4) is 5.75 Å². The van der Waals surface area contributed by atoms with E-state index in [1.165, 1.54) is 12.1 Å². The Hall–Kier alpha value is -3.41. The highest BCUT2D eigenvalue weighted by atomic mass is 19.1. The van der Waals surface area contributed by atoms with Crippen molar-refractivity contribution in [1.29, 1.82) is 0 Å². The molecule has 0 spiro atoms. The van der Waals surface area contributed by atoms with E-state index in [1.807, 2.05) is 43.3 Å². The summed E-state index contributed by atoms with van der Waals surface area (Å²) in [6.45, 7) is 3.99. The van der Waals surface area contributed by atoms with Crippen LogP contribution in [0, 0.1) is 11.7 Å². The van der Waals surface area contributed by atoms with Crippen LogP contribution in [0.25, 0.3) is 10.8 Å². The number of likely N-dealkylation sites (tertiary alicyclic amines) is 1. The molecule has 1 N–H and O–H groups in total. The molecule has 0 bridgehead atoms. The highest BCUT2D eigenvalue weighted by Crippen LogP contribution is 2.28. The number of nitrogens with zero attached hydrogens (tertiary/aromatic N) is 1. The van der Waals surface area contributed by atoms with Crippen LogP contribution in [0.5, 0.6) is 5.75 Å². The van der Waals surface area contributed by atoms with Gasteiger partial charge in [-0.2, -0.15) is 0 Å². The molecule has 0 aliphatic carbocycles. The number of ether oxygens (including phenoxy) is 1. The molecule has 0 radical (unpaired) electrons. The third-order valence-corrected chi connectivity index (χ3v) is 5.97. The van der Waals surface area contributed by atoms with Crippen LogP contribution < -0.4 is 10.1 Å². The first kappa shape index (κ1) is 21.8. The molecule has 2 amide bonds. The first-order chi connectivity index (χ1) is 15.6. The SMILES string of the molecule is CCOc1ccc2ccccc2c1C(=O)NCC1CCN(C(=O)c2ccccc2F)CC1. The monoisotopic (exact) mass is 434 g/mol. The molecule has 5 nitrogen and oxygen atoms in total. The summed E-state index contributed by atoms with van der Waals surface area (Å²) in [5.74, 6) is -0.0898. The predicted molar refractivity (Wildman–Crippen MR) is 122 cm³/mol. The van der Waals surface area contributed by atoms with Crippen molar-refractivity contribution in [3.63, 3.8) is 0 Å². The Kier molecular flexibility index (Phi) is 6.69. The third kappa shape index (κ3) is 4.59. The number of nitrogens with one attached hydrogen (secondary N) is 1. The lowest BCUT2D eigenvalue weighted by Gasteiger charge is -2.32. The maximum atomic E-state index is 13.9. The van der Waals surface area contributed by atoms with E-state index in [1.54, 1.807) is 17.0 Å². The molecule has 32 heavy (non-hydrogen) atoms. The topological polar surface area (TPSA) is 58.6 Å². The lowest BCUT2D eigenvalue weighted by atomic mass is 9.95. The molecule has 1 fully saturated rings. The maximum Gasteiger partial charge on any atom is 0.256 e. The average molecular weight is 435 g/mol. The van der Waals surface area contributed by atoms with Crippen molar-refractivity contribution in [3.05, 3.63) is 77.6 Å². The van der Waals surface area contributed by atoms with E-state index in [2.05, 4.69) is 5.32 Å². The van der Waals surface area contributed by atoms with Gasteiger partial charge in [-0.1, -0.05) is 42.5 Å². The fourth-order valence-corrected chi connectivity index (χ4v) is 4.23. The van der Waals surface area contributed by atoms with Crippen LogP contribution in [0.2, 0.25) is 0 Å². The Morgan fingerprint density at radius 2 is 1.75 bits per heavy atom. The Morgan fingerprint density at radius 1 is 1.03 bits per heavy atom. The fraction of sp³-hybridized carbons (Fsp3) is 0.308. The van der Waals surface area contributed by atoms with Gasteiger partial charge in [0.15, 0.2) is 0 Å². The van der Waals surface area contributed by atoms with Gasteiger partial charge < -0.3 is 15.0 Å². The van der Waals surface area contributed by atoms with Crippen molar-refractivity contribution in [2.24, 2.45) is 5.92 Å². The number of benzene rings is 3. The van der Waals surface area contributed by atoms with Crippen LogP contribution in [0.4, 0.5) is 4.39 Å². The van der Waals surface area contributed by atoms with Crippen LogP contribution >= 0.6 is 0 Å². The molecule has 0 atom stereocenters. The second-order valence-electron chi connectivity index (χ2n) is 8.02. The number of amides is 2. The minimum absolute atomic E-state index is 0.110. The maximum absolute atomic E-state index is 13.9. The minimum Gasteiger partial charge on any atom is -0.493 e. The van der Waals surface area contributed by atoms with E-state index in [-0.39, 0.29) is 23.3 Å². The highest BCUT2D eigenvalue weighted by Gasteiger charge is 2.26. The molecule has 166 valence electrons. The van der Waals surface area contributed by atoms with Crippen LogP contribution in [0.15, 0.2) is 60.7 Å². The number of carbonyl (C=O) groups is 2. The van der Waals surface area contributed by atoms with Gasteiger partial charge in [0.25, 0.3) is 11.8 Å². The van der Waals surface area contributed by atoms with Crippen molar-refractivity contribution in [2.45, 2.75) is 19.8 Å². The van der Waals surface area contributed by atoms with Gasteiger partial charge in [0.05, 0.1) is 17.7 Å². The second-order valence-corrected chi connectivity index (χ2v) is 8.02. The normalized spacial score (nSPS) is 14.4. The molecule has 1 aliphatic heterocycles. The number of hydrogen-bond acceptors (Lipinski definition) is 3. The third-order valence-electron chi connectivity index (χ3n) is 5.97. The molecule has 4 rings (SSSR count). The van der Waals surface area contributed by atoms with Crippen molar-refractivity contribution in [1.82, 2.24) is 10.2 Å².